The molecule has 0 spiro atoms. The second-order valence-electron chi connectivity index (χ2n) is 5.62. The monoisotopic (exact) mass is 335 g/mol. The number of nitrogens with zero attached hydrogens (tertiary/aromatic N) is 2. The molecule has 4 nitrogen and oxygen atoms in total. The Morgan fingerprint density at radius 2 is 1.92 bits per heavy atom. The predicted molar refractivity (Wildman–Crippen MR) is 97.6 cm³/mol. The fraction of sp³-hybridized carbons (Fsp3) is 0.105. The number of nitrogens with one attached hydrogen (secondary N) is 1. The lowest BCUT2D eigenvalue weighted by Gasteiger charge is -2.09. The van der Waals surface area contributed by atoms with Gasteiger partial charge in [-0.05, 0) is 46.7 Å². The number of phenolic OH excluding ortho intramolecular Hbond substituents is 1. The van der Waals surface area contributed by atoms with Gasteiger partial charge in [-0.1, -0.05) is 18.2 Å². The Morgan fingerprint density at radius 3 is 2.79 bits per heavy atom. The molecule has 0 aliphatic heterocycles. The van der Waals surface area contributed by atoms with E-state index in [2.05, 4.69) is 40.1 Å². The van der Waals surface area contributed by atoms with Crippen molar-refractivity contribution in [1.29, 1.82) is 0 Å². The lowest BCUT2D eigenvalue weighted by molar-refractivity contribution is 0.464. The molecule has 2 N–H and O–H groups in total. The number of hydrogen-bond donors (Lipinski definition) is 2. The first kappa shape index (κ1) is 14.9. The first-order chi connectivity index (χ1) is 11.8. The van der Waals surface area contributed by atoms with E-state index in [9.17, 15) is 5.11 Å². The van der Waals surface area contributed by atoms with Gasteiger partial charge in [-0.3, -0.25) is 0 Å². The molecule has 4 aromatic rings. The van der Waals surface area contributed by atoms with Gasteiger partial charge in [-0.2, -0.15) is 5.10 Å². The van der Waals surface area contributed by atoms with E-state index in [-0.39, 0.29) is 0 Å². The molecular formula is C19H17N3OS. The van der Waals surface area contributed by atoms with Gasteiger partial charge in [0.1, 0.15) is 5.75 Å². The van der Waals surface area contributed by atoms with Crippen LogP contribution in [0, 0.1) is 0 Å². The highest BCUT2D eigenvalue weighted by atomic mass is 32.1. The Hall–Kier alpha value is -2.63. The van der Waals surface area contributed by atoms with Crippen LogP contribution in [0.4, 0.5) is 0 Å². The minimum atomic E-state index is 0.300. The topological polar surface area (TPSA) is 50.1 Å². The fourth-order valence-corrected chi connectivity index (χ4v) is 3.74. The summed E-state index contributed by atoms with van der Waals surface area (Å²) in [5.74, 6) is 0.300. The molecule has 2 aromatic carbocycles. The van der Waals surface area contributed by atoms with Crippen LogP contribution in [0.2, 0.25) is 0 Å². The average Bonchev–Trinajstić information content (AvgIpc) is 3.27. The molecule has 0 radical (unpaired) electrons. The van der Waals surface area contributed by atoms with Crippen molar-refractivity contribution < 1.29 is 5.11 Å². The van der Waals surface area contributed by atoms with Crippen LogP contribution in [0.3, 0.4) is 0 Å². The number of phenols is 1. The summed E-state index contributed by atoms with van der Waals surface area (Å²) in [5.41, 5.74) is 3.09. The maximum absolute atomic E-state index is 10.1. The van der Waals surface area contributed by atoms with Crippen LogP contribution >= 0.6 is 11.3 Å². The highest BCUT2D eigenvalue weighted by Gasteiger charge is 2.06. The minimum Gasteiger partial charge on any atom is -0.508 e. The third-order valence-corrected chi connectivity index (χ3v) is 5.04. The second-order valence-corrected chi connectivity index (χ2v) is 6.54. The molecule has 0 aliphatic carbocycles. The first-order valence-corrected chi connectivity index (χ1v) is 8.67. The van der Waals surface area contributed by atoms with Gasteiger partial charge in [-0.15, -0.1) is 11.3 Å². The molecule has 0 aliphatic rings. The summed E-state index contributed by atoms with van der Waals surface area (Å²) < 4.78 is 3.09. The van der Waals surface area contributed by atoms with E-state index in [0.29, 0.717) is 12.3 Å². The fourth-order valence-electron chi connectivity index (χ4n) is 2.78. The van der Waals surface area contributed by atoms with Crippen LogP contribution in [0.1, 0.15) is 11.1 Å². The number of aromatic hydroxyl groups is 1. The molecule has 0 amide bonds. The zero-order chi connectivity index (χ0) is 16.4. The van der Waals surface area contributed by atoms with Crippen molar-refractivity contribution in [3.05, 3.63) is 77.4 Å². The number of rotatable bonds is 5. The van der Waals surface area contributed by atoms with Gasteiger partial charge in [0.15, 0.2) is 0 Å². The second kappa shape index (κ2) is 6.47. The molecule has 0 saturated heterocycles. The Morgan fingerprint density at radius 1 is 1.04 bits per heavy atom. The first-order valence-electron chi connectivity index (χ1n) is 7.79. The average molecular weight is 335 g/mol. The summed E-state index contributed by atoms with van der Waals surface area (Å²) in [6.07, 6.45) is 3.63. The molecule has 0 bridgehead atoms. The lowest BCUT2D eigenvalue weighted by Crippen LogP contribution is -2.12. The van der Waals surface area contributed by atoms with Crippen molar-refractivity contribution in [1.82, 2.24) is 15.1 Å². The van der Waals surface area contributed by atoms with E-state index in [0.717, 1.165) is 17.8 Å². The van der Waals surface area contributed by atoms with E-state index >= 15 is 0 Å². The standard InChI is InChI=1S/C19H17N3OS/c23-18-7-6-16(22-9-3-8-21-22)10-14(18)11-20-12-15-13-24-19-5-2-1-4-17(15)19/h1-10,13,20,23H,11-12H2. The summed E-state index contributed by atoms with van der Waals surface area (Å²) in [7, 11) is 0. The van der Waals surface area contributed by atoms with Gasteiger partial charge in [0.25, 0.3) is 0 Å². The van der Waals surface area contributed by atoms with Crippen LogP contribution < -0.4 is 5.32 Å². The summed E-state index contributed by atoms with van der Waals surface area (Å²) in [6.45, 7) is 1.38. The van der Waals surface area contributed by atoms with Crippen molar-refractivity contribution >= 4 is 21.4 Å². The maximum Gasteiger partial charge on any atom is 0.120 e. The van der Waals surface area contributed by atoms with Crippen LogP contribution in [-0.2, 0) is 13.1 Å². The molecule has 0 saturated carbocycles. The minimum absolute atomic E-state index is 0.300. The van der Waals surface area contributed by atoms with Gasteiger partial charge in [0, 0.05) is 35.7 Å². The molecule has 24 heavy (non-hydrogen) atoms. The van der Waals surface area contributed by atoms with Crippen molar-refractivity contribution in [3.8, 4) is 11.4 Å². The normalized spacial score (nSPS) is 11.2. The lowest BCUT2D eigenvalue weighted by atomic mass is 10.1. The summed E-state index contributed by atoms with van der Waals surface area (Å²) >= 11 is 1.76. The molecule has 5 heteroatoms. The number of aromatic nitrogens is 2. The van der Waals surface area contributed by atoms with Crippen molar-refractivity contribution in [2.24, 2.45) is 0 Å². The number of hydrogen-bond acceptors (Lipinski definition) is 4. The number of benzene rings is 2. The maximum atomic E-state index is 10.1. The Kier molecular flexibility index (Phi) is 4.02. The van der Waals surface area contributed by atoms with Gasteiger partial charge >= 0.3 is 0 Å². The van der Waals surface area contributed by atoms with Crippen LogP contribution in [0.15, 0.2) is 66.3 Å². The van der Waals surface area contributed by atoms with E-state index in [1.165, 1.54) is 15.6 Å². The number of fused-ring (bicyclic) bond motifs is 1. The molecule has 120 valence electrons. The highest BCUT2D eigenvalue weighted by molar-refractivity contribution is 7.17. The van der Waals surface area contributed by atoms with Crippen molar-refractivity contribution in [2.45, 2.75) is 13.1 Å². The molecule has 2 aromatic heterocycles. The molecular weight excluding hydrogens is 318 g/mol. The SMILES string of the molecule is Oc1ccc(-n2cccn2)cc1CNCc1csc2ccccc12. The Bertz CT molecular complexity index is 960. The molecule has 0 unspecified atom stereocenters. The third-order valence-electron chi connectivity index (χ3n) is 4.02. The van der Waals surface area contributed by atoms with E-state index in [4.69, 9.17) is 0 Å². The quantitative estimate of drug-likeness (QED) is 0.578. The molecule has 0 atom stereocenters. The van der Waals surface area contributed by atoms with Crippen LogP contribution in [-0.4, -0.2) is 14.9 Å². The van der Waals surface area contributed by atoms with Crippen molar-refractivity contribution in [3.63, 3.8) is 0 Å². The Balaban J connectivity index is 1.49. The van der Waals surface area contributed by atoms with Crippen molar-refractivity contribution in [2.75, 3.05) is 0 Å². The van der Waals surface area contributed by atoms with E-state index in [1.54, 1.807) is 28.3 Å². The summed E-state index contributed by atoms with van der Waals surface area (Å²) in [6, 6.07) is 15.8. The van der Waals surface area contributed by atoms with E-state index in [1.807, 2.05) is 24.4 Å². The van der Waals surface area contributed by atoms with Gasteiger partial charge in [-0.25, -0.2) is 4.68 Å². The zero-order valence-electron chi connectivity index (χ0n) is 13.0. The van der Waals surface area contributed by atoms with Gasteiger partial charge < -0.3 is 10.4 Å². The smallest absolute Gasteiger partial charge is 0.120 e. The third kappa shape index (κ3) is 2.91. The summed E-state index contributed by atoms with van der Waals surface area (Å²) in [4.78, 5) is 0. The summed E-state index contributed by atoms with van der Waals surface area (Å²) in [5, 5.41) is 21.2. The zero-order valence-corrected chi connectivity index (χ0v) is 13.8. The molecule has 4 rings (SSSR count). The Labute approximate surface area is 144 Å². The van der Waals surface area contributed by atoms with Crippen LogP contribution in [0.25, 0.3) is 15.8 Å². The highest BCUT2D eigenvalue weighted by Crippen LogP contribution is 2.26. The number of thiophene rings is 1. The predicted octanol–water partition coefficient (Wildman–Crippen LogP) is 4.08. The largest absolute Gasteiger partial charge is 0.508 e. The van der Waals surface area contributed by atoms with E-state index < -0.39 is 0 Å². The van der Waals surface area contributed by atoms with Crippen LogP contribution in [0.5, 0.6) is 5.75 Å². The molecule has 0 fully saturated rings. The van der Waals surface area contributed by atoms with Gasteiger partial charge in [0.2, 0.25) is 0 Å². The molecule has 2 heterocycles. The van der Waals surface area contributed by atoms with Gasteiger partial charge in [0.05, 0.1) is 5.69 Å².